The van der Waals surface area contributed by atoms with Crippen molar-refractivity contribution in [2.24, 2.45) is 0 Å². The molecule has 1 aliphatic heterocycles. The molecule has 3 aromatic rings. The van der Waals surface area contributed by atoms with Crippen molar-refractivity contribution >= 4 is 26.7 Å². The summed E-state index contributed by atoms with van der Waals surface area (Å²) in [6.07, 6.45) is 2.83. The van der Waals surface area contributed by atoms with Gasteiger partial charge >= 0.3 is 0 Å². The number of hydrogen-bond donors (Lipinski definition) is 0. The molecule has 0 aliphatic carbocycles. The zero-order valence-electron chi connectivity index (χ0n) is 19.0. The van der Waals surface area contributed by atoms with Gasteiger partial charge in [0.15, 0.2) is 0 Å². The van der Waals surface area contributed by atoms with Crippen molar-refractivity contribution in [3.8, 4) is 11.8 Å². The number of aromatic nitrogens is 1. The Morgan fingerprint density at radius 2 is 1.85 bits per heavy atom. The highest BCUT2D eigenvalue weighted by Gasteiger charge is 2.28. The fourth-order valence-electron chi connectivity index (χ4n) is 3.87. The lowest BCUT2D eigenvalue weighted by Crippen LogP contribution is -2.25. The van der Waals surface area contributed by atoms with Crippen molar-refractivity contribution in [3.63, 3.8) is 0 Å². The zero-order valence-corrected chi connectivity index (χ0v) is 19.8. The third kappa shape index (κ3) is 4.69. The Labute approximate surface area is 198 Å². The Balaban J connectivity index is 1.90. The van der Waals surface area contributed by atoms with Crippen LogP contribution in [0, 0.1) is 11.3 Å². The number of carbonyl (C=O) groups excluding carboxylic acids is 1. The second-order valence-electron chi connectivity index (χ2n) is 8.21. The van der Waals surface area contributed by atoms with E-state index in [-0.39, 0.29) is 22.3 Å². The molecule has 1 aliphatic rings. The smallest absolute Gasteiger partial charge is 0.268 e. The molecule has 8 nitrogen and oxygen atoms in total. The molecule has 2 aromatic carbocycles. The van der Waals surface area contributed by atoms with E-state index in [9.17, 15) is 18.5 Å². The van der Waals surface area contributed by atoms with E-state index in [1.165, 1.54) is 24.4 Å². The number of carbonyl (C=O) groups is 1. The van der Waals surface area contributed by atoms with Gasteiger partial charge in [0.2, 0.25) is 5.78 Å². The van der Waals surface area contributed by atoms with Crippen LogP contribution in [0.25, 0.3) is 10.9 Å². The van der Waals surface area contributed by atoms with Crippen molar-refractivity contribution in [2.75, 3.05) is 27.3 Å². The maximum atomic E-state index is 13.7. The molecule has 1 saturated heterocycles. The largest absolute Gasteiger partial charge is 0.490 e. The summed E-state index contributed by atoms with van der Waals surface area (Å²) in [5.74, 6) is -0.177. The summed E-state index contributed by atoms with van der Waals surface area (Å²) in [5, 5.41) is 10.1. The molecule has 176 valence electrons. The van der Waals surface area contributed by atoms with Gasteiger partial charge in [-0.2, -0.15) is 5.26 Å². The van der Waals surface area contributed by atoms with Crippen molar-refractivity contribution in [3.05, 3.63) is 72.1 Å². The van der Waals surface area contributed by atoms with Crippen molar-refractivity contribution in [1.29, 1.82) is 5.26 Å². The van der Waals surface area contributed by atoms with Gasteiger partial charge in [0.05, 0.1) is 23.6 Å². The molecule has 0 amide bonds. The van der Waals surface area contributed by atoms with E-state index in [1.54, 1.807) is 55.4 Å². The summed E-state index contributed by atoms with van der Waals surface area (Å²) >= 11 is 0. The average molecular weight is 480 g/mol. The maximum absolute atomic E-state index is 13.7. The Kier molecular flexibility index (Phi) is 6.72. The van der Waals surface area contributed by atoms with Gasteiger partial charge in [-0.25, -0.2) is 12.4 Å². The Bertz CT molecular complexity index is 1380. The lowest BCUT2D eigenvalue weighted by molar-refractivity contribution is 0.0256. The van der Waals surface area contributed by atoms with Crippen LogP contribution in [0.3, 0.4) is 0 Å². The summed E-state index contributed by atoms with van der Waals surface area (Å²) in [5.41, 5.74) is 0.0200. The molecule has 34 heavy (non-hydrogen) atoms. The molecule has 9 heteroatoms. The van der Waals surface area contributed by atoms with E-state index in [2.05, 4.69) is 0 Å². The van der Waals surface area contributed by atoms with Crippen LogP contribution in [-0.2, 0) is 14.8 Å². The fraction of sp³-hybridized carbons (Fsp3) is 0.280. The van der Waals surface area contributed by atoms with Crippen molar-refractivity contribution in [2.45, 2.75) is 23.8 Å². The Hall–Kier alpha value is -3.61. The molecule has 1 fully saturated rings. The molecule has 0 bridgehead atoms. The minimum absolute atomic E-state index is 0.0327. The van der Waals surface area contributed by atoms with E-state index in [0.29, 0.717) is 29.9 Å². The third-order valence-electron chi connectivity index (χ3n) is 5.47. The van der Waals surface area contributed by atoms with Crippen LogP contribution in [0.1, 0.15) is 23.3 Å². The number of nitriles is 1. The van der Waals surface area contributed by atoms with E-state index >= 15 is 0 Å². The number of benzene rings is 2. The standard InChI is InChI=1S/C25H25N3O5S/c1-27(2)17-19(16-26)25(29)24-14-18-8-9-21(33-20-10-12-32-13-11-20)15-23(18)28(24)34(30,31)22-6-4-3-5-7-22/h3-9,14-15,17,20H,10-13H2,1-2H3/b19-17+. The highest BCUT2D eigenvalue weighted by molar-refractivity contribution is 7.90. The monoisotopic (exact) mass is 479 g/mol. The quantitative estimate of drug-likeness (QED) is 0.290. The first kappa shape index (κ1) is 23.5. The number of nitrogens with zero attached hydrogens (tertiary/aromatic N) is 3. The number of fused-ring (bicyclic) bond motifs is 1. The van der Waals surface area contributed by atoms with E-state index < -0.39 is 15.8 Å². The normalized spacial score (nSPS) is 15.1. The molecule has 0 spiro atoms. The second kappa shape index (κ2) is 9.71. The van der Waals surface area contributed by atoms with Gasteiger partial charge in [-0.3, -0.25) is 4.79 Å². The molecular weight excluding hydrogens is 454 g/mol. The van der Waals surface area contributed by atoms with Crippen LogP contribution < -0.4 is 4.74 Å². The van der Waals surface area contributed by atoms with Crippen LogP contribution in [0.2, 0.25) is 0 Å². The molecule has 4 rings (SSSR count). The molecule has 0 unspecified atom stereocenters. The first-order valence-corrected chi connectivity index (χ1v) is 12.3. The van der Waals surface area contributed by atoms with Gasteiger partial charge in [-0.1, -0.05) is 18.2 Å². The van der Waals surface area contributed by atoms with Crippen molar-refractivity contribution in [1.82, 2.24) is 8.87 Å². The highest BCUT2D eigenvalue weighted by Crippen LogP contribution is 2.31. The summed E-state index contributed by atoms with van der Waals surface area (Å²) < 4.78 is 39.9. The predicted octanol–water partition coefficient (Wildman–Crippen LogP) is 3.59. The summed E-state index contributed by atoms with van der Waals surface area (Å²) in [4.78, 5) is 14.9. The van der Waals surface area contributed by atoms with Crippen LogP contribution >= 0.6 is 0 Å². The molecule has 0 radical (unpaired) electrons. The Morgan fingerprint density at radius 3 is 2.50 bits per heavy atom. The Morgan fingerprint density at radius 1 is 1.15 bits per heavy atom. The van der Waals surface area contributed by atoms with Crippen molar-refractivity contribution < 1.29 is 22.7 Å². The predicted molar refractivity (Wildman–Crippen MR) is 127 cm³/mol. The summed E-state index contributed by atoms with van der Waals surface area (Å²) in [7, 11) is -0.785. The van der Waals surface area contributed by atoms with E-state index in [0.717, 1.165) is 16.8 Å². The van der Waals surface area contributed by atoms with Gasteiger partial charge in [0.1, 0.15) is 29.2 Å². The molecule has 0 N–H and O–H groups in total. The number of allylic oxidation sites excluding steroid dienone is 1. The maximum Gasteiger partial charge on any atom is 0.268 e. The number of ketones is 1. The average Bonchev–Trinajstić information content (AvgIpc) is 3.23. The molecule has 0 saturated carbocycles. The molecule has 1 aromatic heterocycles. The van der Waals surface area contributed by atoms with Crippen LogP contribution in [0.5, 0.6) is 5.75 Å². The van der Waals surface area contributed by atoms with Crippen LogP contribution in [-0.4, -0.2) is 56.5 Å². The van der Waals surface area contributed by atoms with Gasteiger partial charge in [-0.05, 0) is 30.3 Å². The second-order valence-corrected chi connectivity index (χ2v) is 10.00. The first-order chi connectivity index (χ1) is 16.3. The third-order valence-corrected chi connectivity index (χ3v) is 7.21. The van der Waals surface area contributed by atoms with Crippen LogP contribution in [0.15, 0.2) is 71.3 Å². The van der Waals surface area contributed by atoms with E-state index in [1.807, 2.05) is 6.07 Å². The van der Waals surface area contributed by atoms with Gasteiger partial charge in [0, 0.05) is 44.6 Å². The zero-order chi connectivity index (χ0) is 24.3. The minimum Gasteiger partial charge on any atom is -0.490 e. The number of Topliss-reactive ketones (excluding diaryl/α,β-unsaturated/α-hetero) is 1. The number of rotatable bonds is 7. The SMILES string of the molecule is CN(C)/C=C(\C#N)C(=O)c1cc2ccc(OC3CCOCC3)cc2n1S(=O)(=O)c1ccccc1. The fourth-order valence-corrected chi connectivity index (χ4v) is 5.39. The lowest BCUT2D eigenvalue weighted by Gasteiger charge is -2.23. The van der Waals surface area contributed by atoms with Gasteiger partial charge in [-0.15, -0.1) is 0 Å². The highest BCUT2D eigenvalue weighted by atomic mass is 32.2. The summed E-state index contributed by atoms with van der Waals surface area (Å²) in [6.45, 7) is 1.22. The topological polar surface area (TPSA) is 102 Å². The molecule has 2 heterocycles. The summed E-state index contributed by atoms with van der Waals surface area (Å²) in [6, 6.07) is 16.4. The number of ether oxygens (including phenoxy) is 2. The van der Waals surface area contributed by atoms with Gasteiger partial charge in [0.25, 0.3) is 10.0 Å². The van der Waals surface area contributed by atoms with E-state index in [4.69, 9.17) is 9.47 Å². The molecule has 0 atom stereocenters. The lowest BCUT2D eigenvalue weighted by atomic mass is 10.1. The van der Waals surface area contributed by atoms with Crippen LogP contribution in [0.4, 0.5) is 0 Å². The number of hydrogen-bond acceptors (Lipinski definition) is 7. The molecular formula is C25H25N3O5S. The first-order valence-electron chi connectivity index (χ1n) is 10.8. The van der Waals surface area contributed by atoms with Gasteiger partial charge < -0.3 is 14.4 Å². The minimum atomic E-state index is -4.15.